The van der Waals surface area contributed by atoms with Gasteiger partial charge in [-0.3, -0.25) is 4.18 Å². The highest BCUT2D eigenvalue weighted by molar-refractivity contribution is 7.80. The molecule has 1 aliphatic heterocycles. The number of hydrogen-bond donors (Lipinski definition) is 2. The van der Waals surface area contributed by atoms with Gasteiger partial charge >= 0.3 is 5.97 Å². The largest absolute Gasteiger partial charge is 0.726 e. The molecule has 9 heteroatoms. The van der Waals surface area contributed by atoms with Gasteiger partial charge in [-0.15, -0.1) is 0 Å². The van der Waals surface area contributed by atoms with Crippen molar-refractivity contribution in [3.63, 3.8) is 0 Å². The van der Waals surface area contributed by atoms with Crippen LogP contribution in [0, 0.1) is 0 Å². The van der Waals surface area contributed by atoms with Gasteiger partial charge in [-0.25, -0.2) is 13.2 Å². The average molecular weight is 267 g/mol. The number of ether oxygens (including phenoxy) is 1. The van der Waals surface area contributed by atoms with Crippen molar-refractivity contribution in [1.29, 1.82) is 0 Å². The molecule has 17 heavy (non-hydrogen) atoms. The molecule has 0 aromatic heterocycles. The van der Waals surface area contributed by atoms with Gasteiger partial charge in [-0.1, -0.05) is 6.92 Å². The molecule has 0 saturated carbocycles. The lowest BCUT2D eigenvalue weighted by Crippen LogP contribution is -2.45. The Labute approximate surface area is 97.4 Å². The standard InChI is InChI=1S/C8H12O8S/c1-2-5-7(16-17(12,13)14)4(9)3-6(15-5)8(10)11/h3-5,7,9H,2H2,1H3,(H,10,11)(H,12,13,14)/p-1. The number of aliphatic carboxylic acids is 1. The Hall–Kier alpha value is -1.16. The summed E-state index contributed by atoms with van der Waals surface area (Å²) in [6.07, 6.45) is -3.05. The van der Waals surface area contributed by atoms with Crippen molar-refractivity contribution in [3.05, 3.63) is 11.8 Å². The van der Waals surface area contributed by atoms with Gasteiger partial charge in [0.25, 0.3) is 0 Å². The molecule has 3 unspecified atom stereocenters. The van der Waals surface area contributed by atoms with Gasteiger partial charge in [0.05, 0.1) is 0 Å². The summed E-state index contributed by atoms with van der Waals surface area (Å²) < 4.78 is 40.3. The van der Waals surface area contributed by atoms with E-state index >= 15 is 0 Å². The summed E-state index contributed by atoms with van der Waals surface area (Å²) in [4.78, 5) is 10.6. The summed E-state index contributed by atoms with van der Waals surface area (Å²) in [5, 5.41) is 18.2. The first-order chi connectivity index (χ1) is 7.74. The molecule has 2 N–H and O–H groups in total. The second-order valence-corrected chi connectivity index (χ2v) is 4.37. The fourth-order valence-corrected chi connectivity index (χ4v) is 1.94. The van der Waals surface area contributed by atoms with E-state index in [-0.39, 0.29) is 6.42 Å². The van der Waals surface area contributed by atoms with Gasteiger partial charge in [-0.05, 0) is 12.5 Å². The maximum absolute atomic E-state index is 10.6. The molecule has 0 aromatic carbocycles. The third kappa shape index (κ3) is 3.66. The van der Waals surface area contributed by atoms with Crippen molar-refractivity contribution in [1.82, 2.24) is 0 Å². The third-order valence-electron chi connectivity index (χ3n) is 2.15. The normalized spacial score (nSPS) is 29.4. The van der Waals surface area contributed by atoms with E-state index in [0.717, 1.165) is 6.08 Å². The van der Waals surface area contributed by atoms with E-state index in [0.29, 0.717) is 0 Å². The quantitative estimate of drug-likeness (QED) is 0.488. The lowest BCUT2D eigenvalue weighted by atomic mass is 10.0. The number of carboxylic acid groups (broad SMARTS) is 1. The highest BCUT2D eigenvalue weighted by Crippen LogP contribution is 2.24. The summed E-state index contributed by atoms with van der Waals surface area (Å²) in [5.74, 6) is -1.90. The Morgan fingerprint density at radius 3 is 2.65 bits per heavy atom. The minimum absolute atomic E-state index is 0.169. The number of carboxylic acids is 1. The maximum atomic E-state index is 10.6. The summed E-state index contributed by atoms with van der Waals surface area (Å²) in [6.45, 7) is 1.57. The minimum atomic E-state index is -5.00. The van der Waals surface area contributed by atoms with Gasteiger partial charge in [0, 0.05) is 0 Å². The van der Waals surface area contributed by atoms with Crippen LogP contribution >= 0.6 is 0 Å². The lowest BCUT2D eigenvalue weighted by Gasteiger charge is -2.33. The van der Waals surface area contributed by atoms with Gasteiger partial charge in [0.15, 0.2) is 0 Å². The van der Waals surface area contributed by atoms with Crippen molar-refractivity contribution < 1.29 is 36.9 Å². The van der Waals surface area contributed by atoms with Crippen molar-refractivity contribution in [3.8, 4) is 0 Å². The zero-order valence-electron chi connectivity index (χ0n) is 8.77. The van der Waals surface area contributed by atoms with Crippen LogP contribution in [0.1, 0.15) is 13.3 Å². The molecule has 0 bridgehead atoms. The molecule has 0 radical (unpaired) electrons. The van der Waals surface area contributed by atoms with Crippen LogP contribution in [0.5, 0.6) is 0 Å². The monoisotopic (exact) mass is 267 g/mol. The first-order valence-electron chi connectivity index (χ1n) is 4.68. The predicted octanol–water partition coefficient (Wildman–Crippen LogP) is -1.03. The number of carbonyl (C=O) groups is 1. The SMILES string of the molecule is CCC1OC(C(=O)O)=CC(O)C1OS(=O)(=O)[O-]. The second-order valence-electron chi connectivity index (χ2n) is 3.36. The van der Waals surface area contributed by atoms with Crippen LogP contribution in [-0.4, -0.2) is 47.5 Å². The van der Waals surface area contributed by atoms with Crippen molar-refractivity contribution in [2.24, 2.45) is 0 Å². The Bertz CT molecular complexity index is 425. The van der Waals surface area contributed by atoms with E-state index in [1.807, 2.05) is 0 Å². The van der Waals surface area contributed by atoms with Crippen LogP contribution in [0.3, 0.4) is 0 Å². The van der Waals surface area contributed by atoms with Crippen LogP contribution in [0.15, 0.2) is 11.8 Å². The number of rotatable bonds is 4. The van der Waals surface area contributed by atoms with E-state index in [2.05, 4.69) is 4.18 Å². The molecule has 0 aromatic rings. The molecule has 1 aliphatic rings. The molecule has 0 fully saturated rings. The fraction of sp³-hybridized carbons (Fsp3) is 0.625. The Balaban J connectivity index is 2.95. The zero-order chi connectivity index (χ0) is 13.2. The van der Waals surface area contributed by atoms with Crippen molar-refractivity contribution in [2.45, 2.75) is 31.7 Å². The molecule has 8 nitrogen and oxygen atoms in total. The van der Waals surface area contributed by atoms with E-state index in [1.165, 1.54) is 0 Å². The van der Waals surface area contributed by atoms with Gasteiger partial charge in [0.1, 0.15) is 18.3 Å². The molecule has 0 spiro atoms. The van der Waals surface area contributed by atoms with E-state index < -0.39 is 40.4 Å². The molecule has 1 rings (SSSR count). The smallest absolute Gasteiger partial charge is 0.370 e. The van der Waals surface area contributed by atoms with Crippen molar-refractivity contribution >= 4 is 16.4 Å². The van der Waals surface area contributed by atoms with E-state index in [1.54, 1.807) is 6.92 Å². The van der Waals surface area contributed by atoms with Crippen LogP contribution in [0.4, 0.5) is 0 Å². The molecule has 1 heterocycles. The van der Waals surface area contributed by atoms with Crippen LogP contribution in [0.25, 0.3) is 0 Å². The molecule has 3 atom stereocenters. The van der Waals surface area contributed by atoms with Crippen molar-refractivity contribution in [2.75, 3.05) is 0 Å². The van der Waals surface area contributed by atoms with Crippen LogP contribution in [-0.2, 0) is 24.1 Å². The Morgan fingerprint density at radius 2 is 2.24 bits per heavy atom. The second kappa shape index (κ2) is 5.00. The van der Waals surface area contributed by atoms with Gasteiger partial charge in [-0.2, -0.15) is 0 Å². The molecule has 0 saturated heterocycles. The summed E-state index contributed by atoms with van der Waals surface area (Å²) in [6, 6.07) is 0. The number of aliphatic hydroxyl groups excluding tert-OH is 1. The first kappa shape index (κ1) is 13.9. The Morgan fingerprint density at radius 1 is 1.65 bits per heavy atom. The highest BCUT2D eigenvalue weighted by atomic mass is 32.3. The fourth-order valence-electron chi connectivity index (χ4n) is 1.43. The summed E-state index contributed by atoms with van der Waals surface area (Å²) in [5.41, 5.74) is 0. The average Bonchev–Trinajstić information content (AvgIpc) is 2.18. The molecule has 0 amide bonds. The lowest BCUT2D eigenvalue weighted by molar-refractivity contribution is -0.142. The van der Waals surface area contributed by atoms with E-state index in [9.17, 15) is 22.9 Å². The first-order valence-corrected chi connectivity index (χ1v) is 6.02. The van der Waals surface area contributed by atoms with E-state index in [4.69, 9.17) is 9.84 Å². The summed E-state index contributed by atoms with van der Waals surface area (Å²) >= 11 is 0. The topological polar surface area (TPSA) is 133 Å². The third-order valence-corrected chi connectivity index (χ3v) is 2.60. The maximum Gasteiger partial charge on any atom is 0.370 e. The predicted molar refractivity (Wildman–Crippen MR) is 51.5 cm³/mol. The molecular weight excluding hydrogens is 256 g/mol. The van der Waals surface area contributed by atoms with Gasteiger partial charge in [0.2, 0.25) is 16.2 Å². The highest BCUT2D eigenvalue weighted by Gasteiger charge is 2.37. The number of hydrogen-bond acceptors (Lipinski definition) is 7. The summed E-state index contributed by atoms with van der Waals surface area (Å²) in [7, 11) is -5.00. The zero-order valence-corrected chi connectivity index (χ0v) is 9.59. The molecule has 0 aliphatic carbocycles. The molecular formula is C8H11O8S-. The van der Waals surface area contributed by atoms with Gasteiger partial charge < -0.3 is 19.5 Å². The van der Waals surface area contributed by atoms with Crippen LogP contribution < -0.4 is 0 Å². The van der Waals surface area contributed by atoms with Crippen LogP contribution in [0.2, 0.25) is 0 Å². The minimum Gasteiger partial charge on any atom is -0.726 e. The molecule has 98 valence electrons. The number of aliphatic hydroxyl groups is 1. The Kier molecular flexibility index (Phi) is 4.09.